The lowest BCUT2D eigenvalue weighted by Crippen LogP contribution is -2.44. The molecule has 1 spiro atoms. The first-order chi connectivity index (χ1) is 17.0. The summed E-state index contributed by atoms with van der Waals surface area (Å²) >= 11 is 8.13. The predicted molar refractivity (Wildman–Crippen MR) is 141 cm³/mol. The third-order valence-electron chi connectivity index (χ3n) is 7.84. The summed E-state index contributed by atoms with van der Waals surface area (Å²) in [7, 11) is 0. The van der Waals surface area contributed by atoms with Crippen LogP contribution in [0, 0.1) is 16.7 Å². The molecule has 0 radical (unpaired) electrons. The maximum absolute atomic E-state index is 13.2. The van der Waals surface area contributed by atoms with E-state index in [1.165, 1.54) is 0 Å². The van der Waals surface area contributed by atoms with Gasteiger partial charge in [0.25, 0.3) is 5.91 Å². The van der Waals surface area contributed by atoms with Crippen molar-refractivity contribution in [3.8, 4) is 6.07 Å². The average Bonchev–Trinajstić information content (AvgIpc) is 3.20. The van der Waals surface area contributed by atoms with Crippen molar-refractivity contribution in [1.82, 2.24) is 15.2 Å². The molecule has 8 heteroatoms. The van der Waals surface area contributed by atoms with Crippen LogP contribution in [0.4, 0.5) is 5.69 Å². The minimum Gasteiger partial charge on any atom is -0.368 e. The highest BCUT2D eigenvalue weighted by Crippen LogP contribution is 2.45. The third-order valence-corrected chi connectivity index (χ3v) is 9.44. The monoisotopic (exact) mass is 509 g/mol. The van der Waals surface area contributed by atoms with E-state index in [4.69, 9.17) is 11.6 Å². The minimum atomic E-state index is 0.0903. The van der Waals surface area contributed by atoms with Crippen molar-refractivity contribution in [2.24, 2.45) is 5.41 Å². The molecule has 6 nitrogen and oxygen atoms in total. The van der Waals surface area contributed by atoms with Crippen LogP contribution in [-0.2, 0) is 0 Å². The van der Waals surface area contributed by atoms with Crippen LogP contribution < -0.4 is 10.2 Å². The molecule has 1 aromatic carbocycles. The molecule has 0 saturated carbocycles. The Labute approximate surface area is 217 Å². The molecular formula is C27H32ClN5OS. The van der Waals surface area contributed by atoms with E-state index in [-0.39, 0.29) is 11.3 Å². The number of hydrogen-bond donors (Lipinski definition) is 1. The van der Waals surface area contributed by atoms with Gasteiger partial charge in [-0.05, 0) is 87.9 Å². The Morgan fingerprint density at radius 1 is 1.23 bits per heavy atom. The summed E-state index contributed by atoms with van der Waals surface area (Å²) in [5.74, 6) is 0.0903. The molecule has 0 aliphatic carbocycles. The molecule has 5 rings (SSSR count). The predicted octanol–water partition coefficient (Wildman–Crippen LogP) is 4.97. The number of carbonyl (C=O) groups is 1. The fourth-order valence-corrected chi connectivity index (χ4v) is 7.12. The van der Waals surface area contributed by atoms with Crippen molar-refractivity contribution in [3.63, 3.8) is 0 Å². The molecule has 3 fully saturated rings. The number of aromatic nitrogens is 1. The number of rotatable bonds is 4. The van der Waals surface area contributed by atoms with Crippen molar-refractivity contribution in [2.75, 3.05) is 37.6 Å². The molecule has 3 saturated heterocycles. The molecule has 2 aromatic rings. The number of likely N-dealkylation sites (tertiary alicyclic amines) is 1. The number of carbonyl (C=O) groups excluding carboxylic acids is 1. The number of anilines is 1. The van der Waals surface area contributed by atoms with Gasteiger partial charge in [0.05, 0.1) is 21.2 Å². The zero-order valence-corrected chi connectivity index (χ0v) is 21.7. The number of thioether (sulfide) groups is 1. The topological polar surface area (TPSA) is 72.3 Å². The summed E-state index contributed by atoms with van der Waals surface area (Å²) in [6.07, 6.45) is 7.19. The van der Waals surface area contributed by atoms with Crippen LogP contribution in [0.25, 0.3) is 0 Å². The molecule has 1 aromatic heterocycles. The van der Waals surface area contributed by atoms with Gasteiger partial charge in [-0.25, -0.2) is 4.98 Å². The van der Waals surface area contributed by atoms with Crippen LogP contribution in [-0.4, -0.2) is 59.8 Å². The first kappa shape index (κ1) is 24.4. The van der Waals surface area contributed by atoms with E-state index in [2.05, 4.69) is 28.2 Å². The van der Waals surface area contributed by atoms with E-state index < -0.39 is 0 Å². The van der Waals surface area contributed by atoms with Crippen molar-refractivity contribution in [3.05, 3.63) is 52.7 Å². The Morgan fingerprint density at radius 3 is 2.66 bits per heavy atom. The Balaban J connectivity index is 1.18. The molecule has 3 aliphatic rings. The Kier molecular flexibility index (Phi) is 7.24. The van der Waals surface area contributed by atoms with E-state index >= 15 is 0 Å². The molecule has 0 bridgehead atoms. The van der Waals surface area contributed by atoms with Gasteiger partial charge < -0.3 is 15.1 Å². The molecule has 4 heterocycles. The van der Waals surface area contributed by atoms with Crippen molar-refractivity contribution < 1.29 is 4.79 Å². The number of nitriles is 1. The SMILES string of the molecule is C[C@H]1CC2(CCN(C(=O)c3ccc(SC4CCNCC4)nc3)CC2)CN1c1ccc(C#N)c(Cl)c1. The van der Waals surface area contributed by atoms with Crippen LogP contribution in [0.15, 0.2) is 41.6 Å². The number of piperidine rings is 2. The van der Waals surface area contributed by atoms with E-state index in [1.807, 2.05) is 40.9 Å². The lowest BCUT2D eigenvalue weighted by atomic mass is 9.76. The number of nitrogens with zero attached hydrogens (tertiary/aromatic N) is 4. The lowest BCUT2D eigenvalue weighted by molar-refractivity contribution is 0.0606. The van der Waals surface area contributed by atoms with Crippen LogP contribution >= 0.6 is 23.4 Å². The number of halogens is 1. The van der Waals surface area contributed by atoms with Gasteiger partial charge in [-0.1, -0.05) is 11.6 Å². The van der Waals surface area contributed by atoms with Crippen LogP contribution in [0.2, 0.25) is 5.02 Å². The highest BCUT2D eigenvalue weighted by Gasteiger charge is 2.44. The van der Waals surface area contributed by atoms with Gasteiger partial charge in [-0.15, -0.1) is 11.8 Å². The van der Waals surface area contributed by atoms with E-state index in [9.17, 15) is 10.1 Å². The Hall–Kier alpha value is -2.27. The summed E-state index contributed by atoms with van der Waals surface area (Å²) in [6, 6.07) is 12.2. The van der Waals surface area contributed by atoms with Crippen molar-refractivity contribution in [1.29, 1.82) is 5.26 Å². The van der Waals surface area contributed by atoms with Crippen molar-refractivity contribution >= 4 is 35.0 Å². The zero-order chi connectivity index (χ0) is 24.4. The fraction of sp³-hybridized carbons (Fsp3) is 0.519. The lowest BCUT2D eigenvalue weighted by Gasteiger charge is -2.39. The quantitative estimate of drug-likeness (QED) is 0.627. The third kappa shape index (κ3) is 5.30. The zero-order valence-electron chi connectivity index (χ0n) is 20.2. The second kappa shape index (κ2) is 10.4. The summed E-state index contributed by atoms with van der Waals surface area (Å²) in [4.78, 5) is 22.2. The van der Waals surface area contributed by atoms with Gasteiger partial charge >= 0.3 is 0 Å². The molecular weight excluding hydrogens is 478 g/mol. The van der Waals surface area contributed by atoms with E-state index in [0.29, 0.717) is 27.4 Å². The molecule has 0 unspecified atom stereocenters. The number of amides is 1. The van der Waals surface area contributed by atoms with Gasteiger partial charge in [0.2, 0.25) is 0 Å². The second-order valence-corrected chi connectivity index (χ2v) is 11.9. The van der Waals surface area contributed by atoms with Crippen LogP contribution in [0.3, 0.4) is 0 Å². The summed E-state index contributed by atoms with van der Waals surface area (Å²) in [6.45, 7) is 6.92. The van der Waals surface area contributed by atoms with Gasteiger partial charge in [-0.3, -0.25) is 4.79 Å². The number of nitrogens with one attached hydrogen (secondary N) is 1. The van der Waals surface area contributed by atoms with E-state index in [1.54, 1.807) is 12.3 Å². The summed E-state index contributed by atoms with van der Waals surface area (Å²) < 4.78 is 0. The van der Waals surface area contributed by atoms with E-state index in [0.717, 1.165) is 75.5 Å². The van der Waals surface area contributed by atoms with Gasteiger partial charge in [0.15, 0.2) is 0 Å². The number of pyridine rings is 1. The highest BCUT2D eigenvalue weighted by molar-refractivity contribution is 7.99. The maximum Gasteiger partial charge on any atom is 0.255 e. The highest BCUT2D eigenvalue weighted by atomic mass is 35.5. The van der Waals surface area contributed by atoms with Gasteiger partial charge in [0.1, 0.15) is 6.07 Å². The maximum atomic E-state index is 13.2. The molecule has 184 valence electrons. The van der Waals surface area contributed by atoms with Gasteiger partial charge in [-0.2, -0.15) is 5.26 Å². The van der Waals surface area contributed by atoms with Crippen LogP contribution in [0.5, 0.6) is 0 Å². The smallest absolute Gasteiger partial charge is 0.255 e. The largest absolute Gasteiger partial charge is 0.368 e. The first-order valence-corrected chi connectivity index (χ1v) is 13.8. The molecule has 1 atom stereocenters. The Bertz CT molecular complexity index is 1100. The second-order valence-electron chi connectivity index (χ2n) is 10.2. The molecule has 3 aliphatic heterocycles. The fourth-order valence-electron chi connectivity index (χ4n) is 5.83. The molecule has 1 amide bonds. The molecule has 35 heavy (non-hydrogen) atoms. The Morgan fingerprint density at radius 2 is 2.00 bits per heavy atom. The van der Waals surface area contributed by atoms with Crippen molar-refractivity contribution in [2.45, 2.75) is 55.3 Å². The summed E-state index contributed by atoms with van der Waals surface area (Å²) in [5, 5.41) is 14.7. The average molecular weight is 510 g/mol. The first-order valence-electron chi connectivity index (χ1n) is 12.6. The van der Waals surface area contributed by atoms with Gasteiger partial charge in [0, 0.05) is 42.8 Å². The number of benzene rings is 1. The minimum absolute atomic E-state index is 0.0903. The summed E-state index contributed by atoms with van der Waals surface area (Å²) in [5.41, 5.74) is 2.48. The standard InChI is InChI=1S/C27H32ClN5OS/c1-19-15-27(18-33(19)22-4-2-20(16-29)24(28)14-22)8-12-32(13-9-27)26(34)21-3-5-25(31-17-21)35-23-6-10-30-11-7-23/h2-5,14,17,19,23,30H,6-13,15,18H2,1H3/t19-/m0/s1. The number of hydrogen-bond acceptors (Lipinski definition) is 6. The normalized spacial score (nSPS) is 22.4. The molecule has 1 N–H and O–H groups in total. The van der Waals surface area contributed by atoms with Crippen LogP contribution in [0.1, 0.15) is 54.9 Å².